The molecule has 0 saturated heterocycles. The van der Waals surface area contributed by atoms with Crippen molar-refractivity contribution in [3.63, 3.8) is 0 Å². The SMILES string of the molecule is CN(C)C(=O)CC[C@@H](CO)NC(=O)OCc1ccccc1. The van der Waals surface area contributed by atoms with Gasteiger partial charge in [-0.05, 0) is 12.0 Å². The second kappa shape index (κ2) is 8.97. The first-order valence-corrected chi connectivity index (χ1v) is 6.81. The summed E-state index contributed by atoms with van der Waals surface area (Å²) in [5.41, 5.74) is 0.885. The summed E-state index contributed by atoms with van der Waals surface area (Å²) >= 11 is 0. The number of aliphatic hydroxyl groups is 1. The van der Waals surface area contributed by atoms with Crippen molar-refractivity contribution in [1.82, 2.24) is 10.2 Å². The highest BCUT2D eigenvalue weighted by atomic mass is 16.5. The molecule has 0 aliphatic heterocycles. The molecule has 1 atom stereocenters. The van der Waals surface area contributed by atoms with Crippen molar-refractivity contribution in [2.24, 2.45) is 0 Å². The molecular weight excluding hydrogens is 272 g/mol. The number of hydrogen-bond acceptors (Lipinski definition) is 4. The van der Waals surface area contributed by atoms with Crippen LogP contribution in [0.2, 0.25) is 0 Å². The lowest BCUT2D eigenvalue weighted by Crippen LogP contribution is -2.38. The number of amides is 2. The zero-order valence-electron chi connectivity index (χ0n) is 12.4. The number of nitrogens with zero attached hydrogens (tertiary/aromatic N) is 1. The van der Waals surface area contributed by atoms with Gasteiger partial charge in [-0.3, -0.25) is 4.79 Å². The fraction of sp³-hybridized carbons (Fsp3) is 0.467. The minimum absolute atomic E-state index is 0.0482. The summed E-state index contributed by atoms with van der Waals surface area (Å²) in [7, 11) is 3.33. The first kappa shape index (κ1) is 17.0. The average Bonchev–Trinajstić information content (AvgIpc) is 2.49. The number of ether oxygens (including phenoxy) is 1. The predicted octanol–water partition coefficient (Wildman–Crippen LogP) is 1.14. The molecule has 0 unspecified atom stereocenters. The van der Waals surface area contributed by atoms with E-state index in [1.54, 1.807) is 14.1 Å². The Balaban J connectivity index is 2.32. The first-order valence-electron chi connectivity index (χ1n) is 6.81. The molecule has 0 radical (unpaired) electrons. The first-order chi connectivity index (χ1) is 10.0. The molecule has 1 aromatic carbocycles. The third-order valence-electron chi connectivity index (χ3n) is 2.96. The van der Waals surface area contributed by atoms with Gasteiger partial charge in [0.15, 0.2) is 0 Å². The lowest BCUT2D eigenvalue weighted by molar-refractivity contribution is -0.128. The number of nitrogens with one attached hydrogen (secondary N) is 1. The van der Waals surface area contributed by atoms with Crippen LogP contribution in [0, 0.1) is 0 Å². The van der Waals surface area contributed by atoms with Crippen molar-refractivity contribution >= 4 is 12.0 Å². The highest BCUT2D eigenvalue weighted by molar-refractivity contribution is 5.75. The molecule has 0 aliphatic rings. The zero-order valence-corrected chi connectivity index (χ0v) is 12.4. The van der Waals surface area contributed by atoms with Gasteiger partial charge >= 0.3 is 6.09 Å². The monoisotopic (exact) mass is 294 g/mol. The van der Waals surface area contributed by atoms with E-state index >= 15 is 0 Å². The Kier molecular flexibility index (Phi) is 7.25. The van der Waals surface area contributed by atoms with Crippen molar-refractivity contribution in [3.05, 3.63) is 35.9 Å². The predicted molar refractivity (Wildman–Crippen MR) is 78.6 cm³/mol. The Bertz CT molecular complexity index is 448. The highest BCUT2D eigenvalue weighted by Gasteiger charge is 2.14. The Morgan fingerprint density at radius 2 is 1.95 bits per heavy atom. The molecule has 0 heterocycles. The van der Waals surface area contributed by atoms with Gasteiger partial charge in [0.25, 0.3) is 0 Å². The average molecular weight is 294 g/mol. The molecule has 0 aliphatic carbocycles. The van der Waals surface area contributed by atoms with E-state index in [9.17, 15) is 14.7 Å². The highest BCUT2D eigenvalue weighted by Crippen LogP contribution is 2.03. The number of benzene rings is 1. The van der Waals surface area contributed by atoms with Crippen molar-refractivity contribution in [3.8, 4) is 0 Å². The van der Waals surface area contributed by atoms with E-state index in [1.807, 2.05) is 30.3 Å². The molecule has 0 bridgehead atoms. The maximum atomic E-state index is 11.6. The topological polar surface area (TPSA) is 78.9 Å². The molecular formula is C15H22N2O4. The van der Waals surface area contributed by atoms with Crippen LogP contribution in [0.3, 0.4) is 0 Å². The van der Waals surface area contributed by atoms with Gasteiger partial charge in [0.1, 0.15) is 6.61 Å². The summed E-state index contributed by atoms with van der Waals surface area (Å²) in [4.78, 5) is 24.6. The van der Waals surface area contributed by atoms with Crippen LogP contribution in [0.5, 0.6) is 0 Å². The van der Waals surface area contributed by atoms with Crippen molar-refractivity contribution in [2.75, 3.05) is 20.7 Å². The van der Waals surface area contributed by atoms with Gasteiger partial charge in [0.05, 0.1) is 12.6 Å². The molecule has 1 aromatic rings. The van der Waals surface area contributed by atoms with Crippen LogP contribution < -0.4 is 5.32 Å². The van der Waals surface area contributed by atoms with E-state index in [0.29, 0.717) is 6.42 Å². The molecule has 0 spiro atoms. The normalized spacial score (nSPS) is 11.6. The summed E-state index contributed by atoms with van der Waals surface area (Å²) in [5.74, 6) is -0.0482. The molecule has 1 rings (SSSR count). The molecule has 2 N–H and O–H groups in total. The van der Waals surface area contributed by atoms with Gasteiger partial charge in [-0.1, -0.05) is 30.3 Å². The van der Waals surface area contributed by atoms with Gasteiger partial charge in [-0.15, -0.1) is 0 Å². The van der Waals surface area contributed by atoms with E-state index in [0.717, 1.165) is 5.56 Å². The summed E-state index contributed by atoms with van der Waals surface area (Å²) in [5, 5.41) is 11.8. The van der Waals surface area contributed by atoms with Gasteiger partial charge in [-0.25, -0.2) is 4.79 Å². The number of carbonyl (C=O) groups excluding carboxylic acids is 2. The van der Waals surface area contributed by atoms with E-state index in [1.165, 1.54) is 4.90 Å². The number of carbonyl (C=O) groups is 2. The number of hydrogen-bond donors (Lipinski definition) is 2. The summed E-state index contributed by atoms with van der Waals surface area (Å²) in [6.07, 6.45) is 0.0284. The smallest absolute Gasteiger partial charge is 0.407 e. The third kappa shape index (κ3) is 6.76. The van der Waals surface area contributed by atoms with Crippen LogP contribution in [0.25, 0.3) is 0 Å². The zero-order chi connectivity index (χ0) is 15.7. The second-order valence-corrected chi connectivity index (χ2v) is 4.91. The maximum Gasteiger partial charge on any atom is 0.407 e. The van der Waals surface area contributed by atoms with Crippen LogP contribution >= 0.6 is 0 Å². The third-order valence-corrected chi connectivity index (χ3v) is 2.96. The molecule has 6 nitrogen and oxygen atoms in total. The molecule has 2 amide bonds. The quantitative estimate of drug-likeness (QED) is 0.790. The van der Waals surface area contributed by atoms with Crippen LogP contribution in [0.15, 0.2) is 30.3 Å². The molecule has 0 saturated carbocycles. The summed E-state index contributed by atoms with van der Waals surface area (Å²) in [6.45, 7) is -0.0669. The number of alkyl carbamates (subject to hydrolysis) is 1. The summed E-state index contributed by atoms with van der Waals surface area (Å²) < 4.78 is 5.06. The lowest BCUT2D eigenvalue weighted by atomic mass is 10.1. The van der Waals surface area contributed by atoms with Crippen LogP contribution in [0.1, 0.15) is 18.4 Å². The molecule has 116 valence electrons. The van der Waals surface area contributed by atoms with Gasteiger partial charge in [-0.2, -0.15) is 0 Å². The van der Waals surface area contributed by atoms with E-state index in [2.05, 4.69) is 5.32 Å². The largest absolute Gasteiger partial charge is 0.445 e. The molecule has 6 heteroatoms. The van der Waals surface area contributed by atoms with E-state index < -0.39 is 12.1 Å². The van der Waals surface area contributed by atoms with Crippen LogP contribution in [0.4, 0.5) is 4.79 Å². The number of aliphatic hydroxyl groups excluding tert-OH is 1. The van der Waals surface area contributed by atoms with Crippen molar-refractivity contribution in [1.29, 1.82) is 0 Å². The van der Waals surface area contributed by atoms with Crippen molar-refractivity contribution in [2.45, 2.75) is 25.5 Å². The van der Waals surface area contributed by atoms with Crippen LogP contribution in [-0.2, 0) is 16.1 Å². The minimum atomic E-state index is -0.602. The van der Waals surface area contributed by atoms with E-state index in [-0.39, 0.29) is 25.5 Å². The Morgan fingerprint density at radius 1 is 1.29 bits per heavy atom. The number of rotatable bonds is 7. The van der Waals surface area contributed by atoms with Crippen LogP contribution in [-0.4, -0.2) is 48.8 Å². The minimum Gasteiger partial charge on any atom is -0.445 e. The van der Waals surface area contributed by atoms with Crippen molar-refractivity contribution < 1.29 is 19.4 Å². The van der Waals surface area contributed by atoms with Gasteiger partial charge in [0, 0.05) is 20.5 Å². The van der Waals surface area contributed by atoms with Gasteiger partial charge in [0.2, 0.25) is 5.91 Å². The summed E-state index contributed by atoms with van der Waals surface area (Å²) in [6, 6.07) is 8.82. The molecule has 0 aromatic heterocycles. The van der Waals surface area contributed by atoms with E-state index in [4.69, 9.17) is 4.74 Å². The fourth-order valence-corrected chi connectivity index (χ4v) is 1.66. The standard InChI is InChI=1S/C15H22N2O4/c1-17(2)14(19)9-8-13(10-18)16-15(20)21-11-12-6-4-3-5-7-12/h3-7,13,18H,8-11H2,1-2H3,(H,16,20)/t13-/m0/s1. The molecule has 21 heavy (non-hydrogen) atoms. The fourth-order valence-electron chi connectivity index (χ4n) is 1.66. The Morgan fingerprint density at radius 3 is 2.52 bits per heavy atom. The maximum absolute atomic E-state index is 11.6. The lowest BCUT2D eigenvalue weighted by Gasteiger charge is -2.17. The Hall–Kier alpha value is -2.08. The molecule has 0 fully saturated rings. The Labute approximate surface area is 124 Å². The second-order valence-electron chi connectivity index (χ2n) is 4.91. The van der Waals surface area contributed by atoms with Gasteiger partial charge < -0.3 is 20.1 Å².